The molecule has 5 rings (SSSR count). The smallest absolute Gasteiger partial charge is 0.341 e. The Balaban J connectivity index is 1.35. The summed E-state index contributed by atoms with van der Waals surface area (Å²) in [5.41, 5.74) is -4.08. The molecule has 18 atom stereocenters. The van der Waals surface area contributed by atoms with E-state index >= 15 is 0 Å². The number of ether oxygens (including phenoxy) is 8. The van der Waals surface area contributed by atoms with Crippen LogP contribution in [0.25, 0.3) is 10.9 Å². The van der Waals surface area contributed by atoms with Crippen molar-refractivity contribution < 1.29 is 77.9 Å². The van der Waals surface area contributed by atoms with Crippen molar-refractivity contribution in [1.29, 1.82) is 0 Å². The number of pyridine rings is 1. The van der Waals surface area contributed by atoms with Crippen LogP contribution >= 0.6 is 0 Å². The van der Waals surface area contributed by atoms with E-state index in [2.05, 4.69) is 0 Å². The molecule has 0 radical (unpaired) electrons. The summed E-state index contributed by atoms with van der Waals surface area (Å²) in [7, 11) is 8.57. The number of carbonyl (C=O) groups is 2. The molecule has 20 nitrogen and oxygen atoms in total. The van der Waals surface area contributed by atoms with Crippen LogP contribution in [0.15, 0.2) is 29.2 Å². The molecule has 1 aromatic carbocycles. The molecule has 74 heavy (non-hydrogen) atoms. The molecule has 422 valence electrons. The highest BCUT2D eigenvalue weighted by atomic mass is 16.7. The molecule has 3 saturated heterocycles. The third-order valence-electron chi connectivity index (χ3n) is 15.9. The Morgan fingerprint density at radius 1 is 0.932 bits per heavy atom. The minimum Gasteiger partial charge on any atom is -0.477 e. The summed E-state index contributed by atoms with van der Waals surface area (Å²) in [4.78, 5) is 48.3. The van der Waals surface area contributed by atoms with E-state index in [1.165, 1.54) is 25.0 Å². The van der Waals surface area contributed by atoms with Gasteiger partial charge in [0.05, 0.1) is 71.8 Å². The number of aliphatic hydroxyl groups is 4. The average molecular weight is 1050 g/mol. The number of hydrogen-bond acceptors (Lipinski definition) is 18. The summed E-state index contributed by atoms with van der Waals surface area (Å²) < 4.78 is 52.6. The molecule has 3 aliphatic heterocycles. The average Bonchev–Trinajstić information content (AvgIpc) is 3.33. The summed E-state index contributed by atoms with van der Waals surface area (Å²) in [6.07, 6.45) is -5.78. The first-order valence-corrected chi connectivity index (χ1v) is 26.3. The number of benzene rings is 1. The zero-order chi connectivity index (χ0) is 55.2. The normalized spacial score (nSPS) is 38.3. The lowest BCUT2D eigenvalue weighted by atomic mass is 9.77. The van der Waals surface area contributed by atoms with Crippen LogP contribution in [0.3, 0.4) is 0 Å². The van der Waals surface area contributed by atoms with Gasteiger partial charge in [0.2, 0.25) is 5.43 Å². The number of hydrogen-bond donors (Lipinski definition) is 5. The standard InChI is InChI=1S/C54H89N3O17/c1-16-41-54(10,65)46(60)34(6)56(13)28-30(2)26-52(8,64)47(74-51-44(59)40(55(11)12)24-31(3)70-51)32(4)45(33(5)50(63)72-41)73-42-27-53(9,66-14)48(35(7)71-42)69-23-22-68-21-17-18-36-19-20-39-37(25-36)43(58)38(49(61)62)29-57(39)67-15/h19-20,25,29-35,40-42,44-48,51,59-60,64-65H,16-18,21-24,26-28H2,1-15H3,(H,61,62)/t30-,31-,32+,33-,34-,35+,40+,41-,42+,44-,45+,46?,47-,48+,51+,52-,53-,54-/m1/s1. The molecule has 1 unspecified atom stereocenters. The topological polar surface area (TPSA) is 247 Å². The monoisotopic (exact) mass is 1050 g/mol. The summed E-state index contributed by atoms with van der Waals surface area (Å²) in [5, 5.41) is 57.9. The molecule has 2 aromatic rings. The number of fused-ring (bicyclic) bond motifs is 1. The predicted octanol–water partition coefficient (Wildman–Crippen LogP) is 3.65. The molecule has 5 N–H and O–H groups in total. The van der Waals surface area contributed by atoms with Gasteiger partial charge in [-0.15, -0.1) is 0 Å². The number of carbonyl (C=O) groups excluding carboxylic acids is 1. The molecule has 4 heterocycles. The van der Waals surface area contributed by atoms with Crippen LogP contribution in [-0.2, 0) is 49.1 Å². The van der Waals surface area contributed by atoms with Gasteiger partial charge < -0.3 is 78.1 Å². The highest BCUT2D eigenvalue weighted by Crippen LogP contribution is 2.41. The predicted molar refractivity (Wildman–Crippen MR) is 275 cm³/mol. The van der Waals surface area contributed by atoms with Gasteiger partial charge in [0, 0.05) is 44.7 Å². The van der Waals surface area contributed by atoms with Gasteiger partial charge in [0.25, 0.3) is 0 Å². The first kappa shape index (κ1) is 61.5. The first-order valence-electron chi connectivity index (χ1n) is 26.3. The molecule has 3 fully saturated rings. The fourth-order valence-corrected chi connectivity index (χ4v) is 11.6. The van der Waals surface area contributed by atoms with E-state index < -0.39 is 107 Å². The van der Waals surface area contributed by atoms with E-state index in [0.29, 0.717) is 37.9 Å². The molecular weight excluding hydrogens is 963 g/mol. The van der Waals surface area contributed by atoms with Gasteiger partial charge in [-0.05, 0) is 125 Å². The number of aliphatic hydroxyl groups excluding tert-OH is 2. The zero-order valence-electron chi connectivity index (χ0n) is 46.5. The van der Waals surface area contributed by atoms with Gasteiger partial charge in [0.1, 0.15) is 42.7 Å². The lowest BCUT2D eigenvalue weighted by molar-refractivity contribution is -0.321. The van der Waals surface area contributed by atoms with Crippen LogP contribution in [0, 0.1) is 17.8 Å². The molecule has 0 amide bonds. The number of nitrogens with zero attached hydrogens (tertiary/aromatic N) is 3. The Kier molecular flexibility index (Phi) is 21.5. The minimum absolute atomic E-state index is 0.160. The largest absolute Gasteiger partial charge is 0.477 e. The number of carboxylic acids is 1. The van der Waals surface area contributed by atoms with Gasteiger partial charge >= 0.3 is 11.9 Å². The number of esters is 1. The van der Waals surface area contributed by atoms with Crippen molar-refractivity contribution in [3.63, 3.8) is 0 Å². The maximum absolute atomic E-state index is 14.6. The van der Waals surface area contributed by atoms with Crippen LogP contribution in [-0.4, -0.2) is 204 Å². The lowest BCUT2D eigenvalue weighted by Gasteiger charge is -2.49. The second-order valence-electron chi connectivity index (χ2n) is 22.3. The number of methoxy groups -OCH3 is 1. The third-order valence-corrected chi connectivity index (χ3v) is 15.9. The summed E-state index contributed by atoms with van der Waals surface area (Å²) >= 11 is 0. The molecule has 3 aliphatic rings. The summed E-state index contributed by atoms with van der Waals surface area (Å²) in [6, 6.07) is 4.39. The fourth-order valence-electron chi connectivity index (χ4n) is 11.6. The maximum atomic E-state index is 14.6. The number of aromatic nitrogens is 1. The van der Waals surface area contributed by atoms with Crippen molar-refractivity contribution >= 4 is 22.8 Å². The first-order chi connectivity index (χ1) is 34.6. The van der Waals surface area contributed by atoms with Gasteiger partial charge in [-0.3, -0.25) is 9.59 Å². The van der Waals surface area contributed by atoms with Crippen LogP contribution in [0.1, 0.15) is 117 Å². The van der Waals surface area contributed by atoms with E-state index in [1.54, 1.807) is 46.9 Å². The zero-order valence-corrected chi connectivity index (χ0v) is 46.5. The van der Waals surface area contributed by atoms with Gasteiger partial charge in [0.15, 0.2) is 12.6 Å². The Labute approximate surface area is 437 Å². The highest BCUT2D eigenvalue weighted by molar-refractivity contribution is 5.92. The molecule has 1 aromatic heterocycles. The van der Waals surface area contributed by atoms with Crippen molar-refractivity contribution in [2.24, 2.45) is 17.8 Å². The number of likely N-dealkylation sites (N-methyl/N-ethyl adjacent to an activating group) is 2. The third kappa shape index (κ3) is 14.2. The molecule has 0 bridgehead atoms. The summed E-state index contributed by atoms with van der Waals surface area (Å²) in [6.45, 7) is 19.1. The lowest BCUT2D eigenvalue weighted by Crippen LogP contribution is -2.61. The van der Waals surface area contributed by atoms with E-state index in [0.717, 1.165) is 5.56 Å². The Hall–Kier alpha value is -3.35. The fraction of sp³-hybridized carbons (Fsp3) is 0.796. The second kappa shape index (κ2) is 25.9. The van der Waals surface area contributed by atoms with Crippen LogP contribution < -0.4 is 10.3 Å². The van der Waals surface area contributed by atoms with Crippen molar-refractivity contribution in [2.75, 3.05) is 61.7 Å². The van der Waals surface area contributed by atoms with Gasteiger partial charge in [-0.1, -0.05) is 26.8 Å². The van der Waals surface area contributed by atoms with E-state index in [4.69, 9.17) is 42.7 Å². The Morgan fingerprint density at radius 3 is 2.24 bits per heavy atom. The number of cyclic esters (lactones) is 1. The van der Waals surface area contributed by atoms with Crippen LogP contribution in [0.5, 0.6) is 0 Å². The number of carboxylic acid groups (broad SMARTS) is 1. The van der Waals surface area contributed by atoms with E-state index in [-0.39, 0.29) is 61.5 Å². The maximum Gasteiger partial charge on any atom is 0.341 e. The quantitative estimate of drug-likeness (QED) is 0.112. The SMILES string of the molecule is CC[C@H]1OC(=O)[C@H](C)[C@@H](O[C@H]2C[C@@](C)(OC)[C@@H](OCCOCCCc3ccc4c(c3)c(=O)c(C(=O)O)cn4OC)[C@H](C)O2)[C@H](C)[C@@H](O[C@@H]2O[C@H](C)C[C@H](N(C)C)[C@H]2O)[C@](C)(O)C[C@@H](C)CN(C)[C@H](C)C(O)[C@]1(C)O. The van der Waals surface area contributed by atoms with Crippen LogP contribution in [0.2, 0.25) is 0 Å². The summed E-state index contributed by atoms with van der Waals surface area (Å²) in [5.74, 6) is -4.08. The number of rotatable bonds is 17. The molecule has 0 spiro atoms. The molecular formula is C54H89N3O17. The van der Waals surface area contributed by atoms with E-state index in [9.17, 15) is 39.9 Å². The van der Waals surface area contributed by atoms with Gasteiger partial charge in [-0.2, -0.15) is 4.73 Å². The second-order valence-corrected chi connectivity index (χ2v) is 22.3. The molecule has 20 heteroatoms. The van der Waals surface area contributed by atoms with Crippen molar-refractivity contribution in [1.82, 2.24) is 14.5 Å². The Morgan fingerprint density at radius 2 is 1.62 bits per heavy atom. The van der Waals surface area contributed by atoms with Crippen LogP contribution in [0.4, 0.5) is 0 Å². The number of aromatic carboxylic acids is 1. The molecule has 0 aliphatic carbocycles. The Bertz CT molecular complexity index is 2210. The van der Waals surface area contributed by atoms with Crippen molar-refractivity contribution in [3.05, 3.63) is 45.7 Å². The van der Waals surface area contributed by atoms with Crippen molar-refractivity contribution in [3.8, 4) is 0 Å². The van der Waals surface area contributed by atoms with Gasteiger partial charge in [-0.25, -0.2) is 4.79 Å². The minimum atomic E-state index is -1.84. The van der Waals surface area contributed by atoms with E-state index in [1.807, 2.05) is 71.6 Å². The number of aryl methyl sites for hydroxylation is 1. The highest BCUT2D eigenvalue weighted by Gasteiger charge is 2.53. The molecule has 0 saturated carbocycles. The van der Waals surface area contributed by atoms with Crippen molar-refractivity contribution in [2.45, 2.75) is 198 Å².